The fourth-order valence-electron chi connectivity index (χ4n) is 2.94. The molecule has 30 heavy (non-hydrogen) atoms. The molecule has 0 radical (unpaired) electrons. The van der Waals surface area contributed by atoms with Crippen molar-refractivity contribution < 1.29 is 14.6 Å². The number of amides is 1. The second-order valence-corrected chi connectivity index (χ2v) is 7.17. The van der Waals surface area contributed by atoms with Gasteiger partial charge >= 0.3 is 0 Å². The van der Waals surface area contributed by atoms with Crippen LogP contribution in [-0.2, 0) is 0 Å². The van der Waals surface area contributed by atoms with Gasteiger partial charge in [-0.05, 0) is 59.7 Å². The number of hydrogen-bond acceptors (Lipinski definition) is 5. The van der Waals surface area contributed by atoms with Crippen LogP contribution in [0, 0.1) is 0 Å². The molecule has 8 heteroatoms. The van der Waals surface area contributed by atoms with Crippen molar-refractivity contribution in [3.63, 3.8) is 0 Å². The molecule has 1 unspecified atom stereocenters. The molecular formula is C22H19ClN4O3. The Labute approximate surface area is 177 Å². The minimum Gasteiger partial charge on any atom is -0.491 e. The standard InChI is InChI=1S/C22H19ClN4O3/c23-17-2-4-19(5-3-17)30-13-18(28)12-25-22(29)21-10-15(7-8-24-21)14-1-6-20-16(9-14)11-26-27-20/h1-11,18,28H,12-13H2,(H,25,29)(H,26,27). The topological polar surface area (TPSA) is 100 Å². The molecular weight excluding hydrogens is 404 g/mol. The van der Waals surface area contributed by atoms with Crippen molar-refractivity contribution in [1.29, 1.82) is 0 Å². The number of H-pyrrole nitrogens is 1. The smallest absolute Gasteiger partial charge is 0.269 e. The van der Waals surface area contributed by atoms with Crippen LogP contribution in [0.15, 0.2) is 67.0 Å². The van der Waals surface area contributed by atoms with E-state index in [1.165, 1.54) is 0 Å². The highest BCUT2D eigenvalue weighted by atomic mass is 35.5. The fraction of sp³-hybridized carbons (Fsp3) is 0.136. The van der Waals surface area contributed by atoms with Crippen LogP contribution < -0.4 is 10.1 Å². The minimum atomic E-state index is -0.865. The summed E-state index contributed by atoms with van der Waals surface area (Å²) in [5.41, 5.74) is 3.04. The molecule has 152 valence electrons. The third kappa shape index (κ3) is 4.76. The Kier molecular flexibility index (Phi) is 5.92. The van der Waals surface area contributed by atoms with E-state index >= 15 is 0 Å². The van der Waals surface area contributed by atoms with Gasteiger partial charge in [-0.15, -0.1) is 0 Å². The number of halogens is 1. The van der Waals surface area contributed by atoms with Crippen LogP contribution in [0.25, 0.3) is 22.0 Å². The van der Waals surface area contributed by atoms with Crippen LogP contribution in [0.5, 0.6) is 5.75 Å². The van der Waals surface area contributed by atoms with Crippen LogP contribution in [-0.4, -0.2) is 45.5 Å². The van der Waals surface area contributed by atoms with E-state index in [4.69, 9.17) is 16.3 Å². The Hall–Kier alpha value is -3.42. The minimum absolute atomic E-state index is 0.0410. The molecule has 1 atom stereocenters. The van der Waals surface area contributed by atoms with Gasteiger partial charge in [-0.2, -0.15) is 5.10 Å². The summed E-state index contributed by atoms with van der Waals surface area (Å²) in [6, 6.07) is 16.3. The third-order valence-electron chi connectivity index (χ3n) is 4.52. The van der Waals surface area contributed by atoms with Gasteiger partial charge in [-0.25, -0.2) is 0 Å². The van der Waals surface area contributed by atoms with Crippen molar-refractivity contribution in [2.75, 3.05) is 13.2 Å². The Morgan fingerprint density at radius 3 is 2.77 bits per heavy atom. The predicted molar refractivity (Wildman–Crippen MR) is 115 cm³/mol. The van der Waals surface area contributed by atoms with E-state index in [-0.39, 0.29) is 24.8 Å². The van der Waals surface area contributed by atoms with Gasteiger partial charge in [0.25, 0.3) is 5.91 Å². The summed E-state index contributed by atoms with van der Waals surface area (Å²) in [5.74, 6) is 0.223. The highest BCUT2D eigenvalue weighted by Gasteiger charge is 2.12. The first-order chi connectivity index (χ1) is 14.6. The molecule has 0 aliphatic rings. The van der Waals surface area contributed by atoms with Crippen molar-refractivity contribution in [2.45, 2.75) is 6.10 Å². The zero-order valence-electron chi connectivity index (χ0n) is 15.9. The molecule has 1 amide bonds. The number of aromatic amines is 1. The Balaban J connectivity index is 1.35. The fourth-order valence-corrected chi connectivity index (χ4v) is 3.07. The first-order valence-corrected chi connectivity index (χ1v) is 9.70. The number of aromatic nitrogens is 3. The summed E-state index contributed by atoms with van der Waals surface area (Å²) < 4.78 is 5.48. The lowest BCUT2D eigenvalue weighted by Gasteiger charge is -2.13. The Morgan fingerprint density at radius 1 is 1.13 bits per heavy atom. The van der Waals surface area contributed by atoms with Crippen LogP contribution in [0.3, 0.4) is 0 Å². The van der Waals surface area contributed by atoms with Gasteiger partial charge in [0.15, 0.2) is 0 Å². The van der Waals surface area contributed by atoms with Crippen LogP contribution in [0.2, 0.25) is 5.02 Å². The predicted octanol–water partition coefficient (Wildman–Crippen LogP) is 3.45. The van der Waals surface area contributed by atoms with Gasteiger partial charge in [-0.1, -0.05) is 17.7 Å². The lowest BCUT2D eigenvalue weighted by molar-refractivity contribution is 0.0840. The number of carbonyl (C=O) groups excluding carboxylic acids is 1. The normalized spacial score (nSPS) is 11.9. The van der Waals surface area contributed by atoms with Gasteiger partial charge in [-0.3, -0.25) is 14.9 Å². The van der Waals surface area contributed by atoms with E-state index < -0.39 is 6.10 Å². The molecule has 0 aliphatic carbocycles. The number of nitrogens with zero attached hydrogens (tertiary/aromatic N) is 2. The quantitative estimate of drug-likeness (QED) is 0.423. The molecule has 0 spiro atoms. The highest BCUT2D eigenvalue weighted by molar-refractivity contribution is 6.30. The molecule has 4 rings (SSSR count). The largest absolute Gasteiger partial charge is 0.491 e. The number of benzene rings is 2. The first-order valence-electron chi connectivity index (χ1n) is 9.33. The monoisotopic (exact) mass is 422 g/mol. The van der Waals surface area contributed by atoms with Crippen LogP contribution in [0.1, 0.15) is 10.5 Å². The lowest BCUT2D eigenvalue weighted by Crippen LogP contribution is -2.35. The number of aliphatic hydroxyl groups excluding tert-OH is 1. The maximum atomic E-state index is 12.5. The Morgan fingerprint density at radius 2 is 1.93 bits per heavy atom. The summed E-state index contributed by atoms with van der Waals surface area (Å²) in [6.45, 7) is 0.0827. The number of pyridine rings is 1. The second kappa shape index (κ2) is 8.94. The maximum Gasteiger partial charge on any atom is 0.269 e. The van der Waals surface area contributed by atoms with E-state index in [9.17, 15) is 9.90 Å². The van der Waals surface area contributed by atoms with E-state index in [0.717, 1.165) is 22.0 Å². The van der Waals surface area contributed by atoms with E-state index in [1.54, 1.807) is 42.7 Å². The summed E-state index contributed by atoms with van der Waals surface area (Å²) in [4.78, 5) is 16.6. The summed E-state index contributed by atoms with van der Waals surface area (Å²) in [5, 5.41) is 21.3. The third-order valence-corrected chi connectivity index (χ3v) is 4.77. The molecule has 0 aliphatic heterocycles. The number of carbonyl (C=O) groups is 1. The zero-order valence-corrected chi connectivity index (χ0v) is 16.6. The Bertz CT molecular complexity index is 1160. The molecule has 7 nitrogen and oxygen atoms in total. The SMILES string of the molecule is O=C(NCC(O)COc1ccc(Cl)cc1)c1cc(-c2ccc3[nH]ncc3c2)ccn1. The molecule has 0 saturated heterocycles. The zero-order chi connectivity index (χ0) is 20.9. The van der Waals surface area contributed by atoms with Crippen molar-refractivity contribution in [1.82, 2.24) is 20.5 Å². The number of ether oxygens (including phenoxy) is 1. The van der Waals surface area contributed by atoms with E-state index in [1.807, 2.05) is 24.3 Å². The number of nitrogens with one attached hydrogen (secondary N) is 2. The number of hydrogen-bond donors (Lipinski definition) is 3. The first kappa shape index (κ1) is 19.9. The number of rotatable bonds is 7. The summed E-state index contributed by atoms with van der Waals surface area (Å²) in [7, 11) is 0. The average Bonchev–Trinajstić information content (AvgIpc) is 3.25. The average molecular weight is 423 g/mol. The van der Waals surface area contributed by atoms with Crippen molar-refractivity contribution >= 4 is 28.4 Å². The second-order valence-electron chi connectivity index (χ2n) is 6.73. The molecule has 2 aromatic carbocycles. The van der Waals surface area contributed by atoms with Crippen LogP contribution >= 0.6 is 11.6 Å². The van der Waals surface area contributed by atoms with Gasteiger partial charge < -0.3 is 15.2 Å². The molecule has 4 aromatic rings. The molecule has 2 heterocycles. The van der Waals surface area contributed by atoms with Crippen molar-refractivity contribution in [3.05, 3.63) is 77.7 Å². The number of fused-ring (bicyclic) bond motifs is 1. The summed E-state index contributed by atoms with van der Waals surface area (Å²) >= 11 is 5.83. The van der Waals surface area contributed by atoms with Gasteiger partial charge in [0.05, 0.1) is 11.7 Å². The lowest BCUT2D eigenvalue weighted by atomic mass is 10.0. The van der Waals surface area contributed by atoms with Crippen LogP contribution in [0.4, 0.5) is 0 Å². The highest BCUT2D eigenvalue weighted by Crippen LogP contribution is 2.23. The van der Waals surface area contributed by atoms with Gasteiger partial charge in [0.1, 0.15) is 24.2 Å². The van der Waals surface area contributed by atoms with Crippen molar-refractivity contribution in [2.24, 2.45) is 0 Å². The maximum absolute atomic E-state index is 12.5. The van der Waals surface area contributed by atoms with Gasteiger partial charge in [0, 0.05) is 23.2 Å². The molecule has 2 aromatic heterocycles. The van der Waals surface area contributed by atoms with Crippen molar-refractivity contribution in [3.8, 4) is 16.9 Å². The molecule has 0 bridgehead atoms. The molecule has 3 N–H and O–H groups in total. The molecule has 0 fully saturated rings. The van der Waals surface area contributed by atoms with E-state index in [0.29, 0.717) is 10.8 Å². The van der Waals surface area contributed by atoms with Gasteiger partial charge in [0.2, 0.25) is 0 Å². The summed E-state index contributed by atoms with van der Waals surface area (Å²) in [6.07, 6.45) is 2.47. The number of aliphatic hydroxyl groups is 1. The van der Waals surface area contributed by atoms with E-state index in [2.05, 4.69) is 20.5 Å². The molecule has 0 saturated carbocycles.